The largest absolute Gasteiger partial charge is 0.369 e. The maximum atomic E-state index is 11.2. The van der Waals surface area contributed by atoms with Crippen LogP contribution in [0.4, 0.5) is 0 Å². The van der Waals surface area contributed by atoms with Crippen molar-refractivity contribution in [3.05, 3.63) is 21.9 Å². The van der Waals surface area contributed by atoms with Crippen LogP contribution < -0.4 is 11.5 Å². The number of rotatable bonds is 4. The van der Waals surface area contributed by atoms with Gasteiger partial charge in [0, 0.05) is 22.8 Å². The molecule has 0 saturated carbocycles. The highest BCUT2D eigenvalue weighted by Gasteiger charge is 2.25. The van der Waals surface area contributed by atoms with Crippen LogP contribution in [0.25, 0.3) is 0 Å². The van der Waals surface area contributed by atoms with Gasteiger partial charge in [0.25, 0.3) is 0 Å². The van der Waals surface area contributed by atoms with E-state index in [1.165, 1.54) is 9.75 Å². The van der Waals surface area contributed by atoms with E-state index in [9.17, 15) is 4.79 Å². The van der Waals surface area contributed by atoms with Gasteiger partial charge in [0.15, 0.2) is 0 Å². The Hall–Kier alpha value is -0.910. The molecular formula is C13H21N3OS. The fraction of sp³-hybridized carbons (Fsp3) is 0.615. The van der Waals surface area contributed by atoms with E-state index in [4.69, 9.17) is 11.5 Å². The molecule has 4 nitrogen and oxygen atoms in total. The number of hydrogen-bond acceptors (Lipinski definition) is 4. The summed E-state index contributed by atoms with van der Waals surface area (Å²) in [7, 11) is 0. The Balaban J connectivity index is 1.91. The summed E-state index contributed by atoms with van der Waals surface area (Å²) in [5, 5.41) is 0. The fourth-order valence-corrected chi connectivity index (χ4v) is 3.34. The van der Waals surface area contributed by atoms with Crippen LogP contribution in [0.3, 0.4) is 0 Å². The molecule has 0 aliphatic carbocycles. The summed E-state index contributed by atoms with van der Waals surface area (Å²) in [5.41, 5.74) is 11.6. The predicted molar refractivity (Wildman–Crippen MR) is 74.3 cm³/mol. The van der Waals surface area contributed by atoms with Gasteiger partial charge in [-0.15, -0.1) is 11.3 Å². The Labute approximate surface area is 112 Å². The van der Waals surface area contributed by atoms with Gasteiger partial charge in [-0.05, 0) is 38.4 Å². The van der Waals surface area contributed by atoms with E-state index >= 15 is 0 Å². The maximum absolute atomic E-state index is 11.2. The summed E-state index contributed by atoms with van der Waals surface area (Å²) in [6.07, 6.45) is 1.95. The number of nitrogens with zero attached hydrogens (tertiary/aromatic N) is 1. The molecule has 2 unspecified atom stereocenters. The van der Waals surface area contributed by atoms with Gasteiger partial charge in [-0.1, -0.05) is 0 Å². The highest BCUT2D eigenvalue weighted by atomic mass is 32.1. The molecule has 100 valence electrons. The van der Waals surface area contributed by atoms with Gasteiger partial charge < -0.3 is 16.4 Å². The van der Waals surface area contributed by atoms with Crippen molar-refractivity contribution < 1.29 is 4.79 Å². The number of likely N-dealkylation sites (tertiary alicyclic amines) is 1. The normalized spacial score (nSPS) is 22.9. The molecule has 1 fully saturated rings. The van der Waals surface area contributed by atoms with E-state index in [-0.39, 0.29) is 17.9 Å². The first-order valence-electron chi connectivity index (χ1n) is 6.40. The standard InChI is InChI=1S/C13H21N3OS/c1-9-4-5-12(18-9)11(14)8-16-6-2-3-10(7-16)13(15)17/h4-5,10-11H,2-3,6-8,14H2,1H3,(H2,15,17). The Morgan fingerprint density at radius 1 is 1.61 bits per heavy atom. The summed E-state index contributed by atoms with van der Waals surface area (Å²) < 4.78 is 0. The lowest BCUT2D eigenvalue weighted by Crippen LogP contribution is -2.43. The summed E-state index contributed by atoms with van der Waals surface area (Å²) in [6, 6.07) is 4.23. The first-order valence-corrected chi connectivity index (χ1v) is 7.21. The molecule has 0 spiro atoms. The van der Waals surface area contributed by atoms with Crippen molar-refractivity contribution >= 4 is 17.2 Å². The molecule has 4 N–H and O–H groups in total. The molecule has 0 bridgehead atoms. The summed E-state index contributed by atoms with van der Waals surface area (Å²) in [4.78, 5) is 16.0. The minimum absolute atomic E-state index is 0.00368. The molecular weight excluding hydrogens is 246 g/mol. The first kappa shape index (κ1) is 13.5. The van der Waals surface area contributed by atoms with Gasteiger partial charge >= 0.3 is 0 Å². The van der Waals surface area contributed by atoms with Crippen LogP contribution in [0.15, 0.2) is 12.1 Å². The van der Waals surface area contributed by atoms with Crippen LogP contribution >= 0.6 is 11.3 Å². The van der Waals surface area contributed by atoms with Gasteiger partial charge in [-0.2, -0.15) is 0 Å². The van der Waals surface area contributed by atoms with Crippen LogP contribution in [0.5, 0.6) is 0 Å². The van der Waals surface area contributed by atoms with Crippen molar-refractivity contribution in [3.8, 4) is 0 Å². The van der Waals surface area contributed by atoms with Crippen molar-refractivity contribution in [2.24, 2.45) is 17.4 Å². The molecule has 0 aromatic carbocycles. The second-order valence-electron chi connectivity index (χ2n) is 5.06. The monoisotopic (exact) mass is 267 g/mol. The maximum Gasteiger partial charge on any atom is 0.221 e. The van der Waals surface area contributed by atoms with Crippen molar-refractivity contribution in [1.29, 1.82) is 0 Å². The lowest BCUT2D eigenvalue weighted by atomic mass is 9.97. The number of nitrogens with two attached hydrogens (primary N) is 2. The molecule has 1 aromatic heterocycles. The SMILES string of the molecule is Cc1ccc(C(N)CN2CCCC(C(N)=O)C2)s1. The van der Waals surface area contributed by atoms with Gasteiger partial charge in [-0.3, -0.25) is 4.79 Å². The smallest absolute Gasteiger partial charge is 0.221 e. The Morgan fingerprint density at radius 2 is 2.39 bits per heavy atom. The fourth-order valence-electron chi connectivity index (χ4n) is 2.47. The third-order valence-corrected chi connectivity index (χ3v) is 4.62. The zero-order valence-corrected chi connectivity index (χ0v) is 11.6. The van der Waals surface area contributed by atoms with E-state index in [0.717, 1.165) is 32.5 Å². The van der Waals surface area contributed by atoms with Crippen LogP contribution in [-0.4, -0.2) is 30.4 Å². The second-order valence-corrected chi connectivity index (χ2v) is 6.38. The summed E-state index contributed by atoms with van der Waals surface area (Å²) in [5.74, 6) is -0.184. The number of amides is 1. The number of piperidine rings is 1. The van der Waals surface area contributed by atoms with Crippen LogP contribution in [0, 0.1) is 12.8 Å². The molecule has 2 rings (SSSR count). The minimum Gasteiger partial charge on any atom is -0.369 e. The Morgan fingerprint density at radius 3 is 3.00 bits per heavy atom. The van der Waals surface area contributed by atoms with Crippen LogP contribution in [-0.2, 0) is 4.79 Å². The van der Waals surface area contributed by atoms with Gasteiger partial charge in [0.1, 0.15) is 0 Å². The lowest BCUT2D eigenvalue weighted by Gasteiger charge is -2.32. The summed E-state index contributed by atoms with van der Waals surface area (Å²) >= 11 is 1.75. The average Bonchev–Trinajstić information content (AvgIpc) is 2.76. The number of aryl methyl sites for hydroxylation is 1. The van der Waals surface area contributed by atoms with Crippen molar-refractivity contribution in [2.45, 2.75) is 25.8 Å². The van der Waals surface area contributed by atoms with Gasteiger partial charge in [0.2, 0.25) is 5.91 Å². The first-order chi connectivity index (χ1) is 8.56. The minimum atomic E-state index is -0.180. The molecule has 18 heavy (non-hydrogen) atoms. The van der Waals surface area contributed by atoms with Crippen LogP contribution in [0.2, 0.25) is 0 Å². The summed E-state index contributed by atoms with van der Waals surface area (Å²) in [6.45, 7) is 4.67. The Kier molecular flexibility index (Phi) is 4.37. The Bertz CT molecular complexity index is 418. The average molecular weight is 267 g/mol. The number of primary amides is 1. The topological polar surface area (TPSA) is 72.3 Å². The predicted octanol–water partition coefficient (Wildman–Crippen LogP) is 1.25. The number of hydrogen-bond donors (Lipinski definition) is 2. The number of carbonyl (C=O) groups excluding carboxylic acids is 1. The molecule has 5 heteroatoms. The van der Waals surface area contributed by atoms with Gasteiger partial charge in [-0.25, -0.2) is 0 Å². The molecule has 1 saturated heterocycles. The van der Waals surface area contributed by atoms with Crippen molar-refractivity contribution in [1.82, 2.24) is 4.90 Å². The zero-order valence-electron chi connectivity index (χ0n) is 10.8. The molecule has 2 atom stereocenters. The highest BCUT2D eigenvalue weighted by molar-refractivity contribution is 7.12. The quantitative estimate of drug-likeness (QED) is 0.862. The van der Waals surface area contributed by atoms with E-state index in [1.54, 1.807) is 11.3 Å². The molecule has 1 aliphatic rings. The van der Waals surface area contributed by atoms with E-state index in [0.29, 0.717) is 0 Å². The molecule has 1 aromatic rings. The van der Waals surface area contributed by atoms with Crippen molar-refractivity contribution in [2.75, 3.05) is 19.6 Å². The lowest BCUT2D eigenvalue weighted by molar-refractivity contribution is -0.123. The molecule has 1 amide bonds. The second kappa shape index (κ2) is 5.82. The molecule has 1 aliphatic heterocycles. The van der Waals surface area contributed by atoms with Gasteiger partial charge in [0.05, 0.1) is 12.0 Å². The molecule has 0 radical (unpaired) electrons. The van der Waals surface area contributed by atoms with Crippen molar-refractivity contribution in [3.63, 3.8) is 0 Å². The zero-order chi connectivity index (χ0) is 13.1. The molecule has 2 heterocycles. The van der Waals surface area contributed by atoms with Crippen LogP contribution in [0.1, 0.15) is 28.6 Å². The van der Waals surface area contributed by atoms with E-state index in [1.807, 2.05) is 0 Å². The third-order valence-electron chi connectivity index (χ3n) is 3.49. The highest BCUT2D eigenvalue weighted by Crippen LogP contribution is 2.24. The van der Waals surface area contributed by atoms with E-state index in [2.05, 4.69) is 24.0 Å². The number of thiophene rings is 1. The van der Waals surface area contributed by atoms with E-state index < -0.39 is 0 Å². The number of carbonyl (C=O) groups is 1. The third kappa shape index (κ3) is 3.31.